The van der Waals surface area contributed by atoms with Gasteiger partial charge in [0.1, 0.15) is 0 Å². The molecule has 2 atom stereocenters. The minimum atomic E-state index is -1.05. The van der Waals surface area contributed by atoms with Crippen LogP contribution >= 0.6 is 0 Å². The lowest BCUT2D eigenvalue weighted by atomic mass is 10.1. The Morgan fingerprint density at radius 3 is 1.42 bits per heavy atom. The smallest absolute Gasteiger partial charge is 0.252 e. The average Bonchev–Trinajstić information content (AvgIpc) is 3.29. The van der Waals surface area contributed by atoms with Gasteiger partial charge < -0.3 is 20.1 Å². The van der Waals surface area contributed by atoms with Crippen LogP contribution in [0.5, 0.6) is 0 Å². The van der Waals surface area contributed by atoms with Crippen molar-refractivity contribution >= 4 is 11.8 Å². The van der Waals surface area contributed by atoms with Gasteiger partial charge in [0, 0.05) is 18.7 Å². The molecule has 3 aromatic carbocycles. The van der Waals surface area contributed by atoms with Crippen LogP contribution in [0.4, 0.5) is 0 Å². The van der Waals surface area contributed by atoms with Crippen molar-refractivity contribution in [3.05, 3.63) is 108 Å². The van der Waals surface area contributed by atoms with E-state index in [1.165, 1.54) is 0 Å². The van der Waals surface area contributed by atoms with Crippen LogP contribution < -0.4 is 10.6 Å². The van der Waals surface area contributed by atoms with Gasteiger partial charge in [-0.15, -0.1) is 0 Å². The van der Waals surface area contributed by atoms with Crippen LogP contribution in [0.15, 0.2) is 91.0 Å². The second kappa shape index (κ2) is 10.0. The van der Waals surface area contributed by atoms with Gasteiger partial charge in [-0.1, -0.05) is 91.0 Å². The summed E-state index contributed by atoms with van der Waals surface area (Å²) in [4.78, 5) is 25.8. The standard InChI is InChI=1S/C25H24N2O4/c28-23(26-16-18-10-4-1-5-11-18)21-22(24(29)27-17-19-12-6-2-7-13-19)31-25(30-21)20-14-8-3-9-15-20/h1-15,21-22,25H,16-17H2,(H,26,28)(H,27,29). The summed E-state index contributed by atoms with van der Waals surface area (Å²) in [6.45, 7) is 0.682. The monoisotopic (exact) mass is 416 g/mol. The minimum Gasteiger partial charge on any atom is -0.350 e. The SMILES string of the molecule is O=C(NCc1ccccc1)C1OC(c2ccccc2)OC1C(=O)NCc1ccccc1. The minimum absolute atomic E-state index is 0.341. The summed E-state index contributed by atoms with van der Waals surface area (Å²) in [5, 5.41) is 5.70. The highest BCUT2D eigenvalue weighted by Crippen LogP contribution is 2.31. The maximum atomic E-state index is 12.9. The third-order valence-corrected chi connectivity index (χ3v) is 5.02. The lowest BCUT2D eigenvalue weighted by Gasteiger charge is -2.16. The summed E-state index contributed by atoms with van der Waals surface area (Å²) < 4.78 is 11.8. The summed E-state index contributed by atoms with van der Waals surface area (Å²) in [6.07, 6.45) is -2.89. The van der Waals surface area contributed by atoms with E-state index in [-0.39, 0.29) is 11.8 Å². The van der Waals surface area contributed by atoms with Gasteiger partial charge in [-0.25, -0.2) is 0 Å². The Morgan fingerprint density at radius 2 is 1.00 bits per heavy atom. The molecule has 1 saturated heterocycles. The Kier molecular flexibility index (Phi) is 6.72. The Hall–Kier alpha value is -3.48. The van der Waals surface area contributed by atoms with E-state index in [9.17, 15) is 9.59 Å². The van der Waals surface area contributed by atoms with Crippen molar-refractivity contribution in [1.29, 1.82) is 0 Å². The molecule has 0 saturated carbocycles. The van der Waals surface area contributed by atoms with Gasteiger partial charge in [0.15, 0.2) is 18.5 Å². The summed E-state index contributed by atoms with van der Waals surface area (Å²) >= 11 is 0. The number of benzene rings is 3. The molecule has 0 bridgehead atoms. The highest BCUT2D eigenvalue weighted by molar-refractivity contribution is 5.91. The second-order valence-electron chi connectivity index (χ2n) is 7.26. The number of hydrogen-bond donors (Lipinski definition) is 2. The van der Waals surface area contributed by atoms with Crippen molar-refractivity contribution in [2.75, 3.05) is 0 Å². The van der Waals surface area contributed by atoms with E-state index < -0.39 is 18.5 Å². The van der Waals surface area contributed by atoms with Crippen molar-refractivity contribution in [3.63, 3.8) is 0 Å². The normalized spacial score (nSPS) is 20.2. The lowest BCUT2D eigenvalue weighted by Crippen LogP contribution is -2.47. The van der Waals surface area contributed by atoms with Crippen LogP contribution in [0.25, 0.3) is 0 Å². The van der Waals surface area contributed by atoms with Gasteiger partial charge in [-0.2, -0.15) is 0 Å². The molecule has 1 aliphatic rings. The molecular weight excluding hydrogens is 392 g/mol. The van der Waals surface area contributed by atoms with E-state index in [2.05, 4.69) is 10.6 Å². The molecule has 2 N–H and O–H groups in total. The van der Waals surface area contributed by atoms with Crippen molar-refractivity contribution in [3.8, 4) is 0 Å². The number of amides is 2. The molecule has 3 aromatic rings. The second-order valence-corrected chi connectivity index (χ2v) is 7.26. The number of carbonyl (C=O) groups excluding carboxylic acids is 2. The van der Waals surface area contributed by atoms with E-state index in [1.54, 1.807) is 0 Å². The maximum Gasteiger partial charge on any atom is 0.252 e. The molecule has 31 heavy (non-hydrogen) atoms. The van der Waals surface area contributed by atoms with E-state index in [4.69, 9.17) is 9.47 Å². The molecule has 158 valence electrons. The molecule has 2 unspecified atom stereocenters. The number of ether oxygens (including phenoxy) is 2. The molecule has 4 rings (SSSR count). The lowest BCUT2D eigenvalue weighted by molar-refractivity contribution is -0.137. The molecule has 1 fully saturated rings. The van der Waals surface area contributed by atoms with Gasteiger partial charge in [0.25, 0.3) is 11.8 Å². The third-order valence-electron chi connectivity index (χ3n) is 5.02. The predicted molar refractivity (Wildman–Crippen MR) is 116 cm³/mol. The fourth-order valence-corrected chi connectivity index (χ4v) is 3.38. The summed E-state index contributed by atoms with van der Waals surface area (Å²) in [7, 11) is 0. The first-order chi connectivity index (χ1) is 15.2. The van der Waals surface area contributed by atoms with Gasteiger partial charge in [0.05, 0.1) is 0 Å². The number of rotatable bonds is 7. The van der Waals surface area contributed by atoms with Crippen LogP contribution in [-0.4, -0.2) is 24.0 Å². The largest absolute Gasteiger partial charge is 0.350 e. The topological polar surface area (TPSA) is 76.7 Å². The Balaban J connectivity index is 1.45. The van der Waals surface area contributed by atoms with Crippen LogP contribution in [0.2, 0.25) is 0 Å². The fourth-order valence-electron chi connectivity index (χ4n) is 3.38. The first-order valence-electron chi connectivity index (χ1n) is 10.2. The fraction of sp³-hybridized carbons (Fsp3) is 0.200. The summed E-state index contributed by atoms with van der Waals surface area (Å²) in [5.41, 5.74) is 2.67. The van der Waals surface area contributed by atoms with Crippen molar-refractivity contribution in [2.24, 2.45) is 0 Å². The Labute approximate surface area is 181 Å². The van der Waals surface area contributed by atoms with Crippen molar-refractivity contribution in [1.82, 2.24) is 10.6 Å². The molecule has 6 heteroatoms. The summed E-state index contributed by atoms with van der Waals surface area (Å²) in [6, 6.07) is 28.4. The number of nitrogens with one attached hydrogen (secondary N) is 2. The van der Waals surface area contributed by atoms with Gasteiger partial charge in [-0.05, 0) is 11.1 Å². The first kappa shape index (κ1) is 20.8. The molecule has 0 aliphatic carbocycles. The van der Waals surface area contributed by atoms with Crippen LogP contribution in [-0.2, 0) is 32.2 Å². The molecule has 6 nitrogen and oxygen atoms in total. The Bertz CT molecular complexity index is 932. The van der Waals surface area contributed by atoms with E-state index in [0.717, 1.165) is 16.7 Å². The zero-order valence-corrected chi connectivity index (χ0v) is 16.9. The van der Waals surface area contributed by atoms with E-state index >= 15 is 0 Å². The van der Waals surface area contributed by atoms with Gasteiger partial charge in [0.2, 0.25) is 0 Å². The Morgan fingerprint density at radius 1 is 0.613 bits per heavy atom. The molecule has 0 spiro atoms. The predicted octanol–water partition coefficient (Wildman–Crippen LogP) is 3.10. The molecule has 1 aliphatic heterocycles. The number of hydrogen-bond acceptors (Lipinski definition) is 4. The van der Waals surface area contributed by atoms with Crippen molar-refractivity contribution < 1.29 is 19.1 Å². The zero-order valence-electron chi connectivity index (χ0n) is 16.9. The van der Waals surface area contributed by atoms with E-state index in [1.807, 2.05) is 91.0 Å². The maximum absolute atomic E-state index is 12.9. The third kappa shape index (κ3) is 5.36. The number of carbonyl (C=O) groups is 2. The molecule has 0 radical (unpaired) electrons. The average molecular weight is 416 g/mol. The quantitative estimate of drug-likeness (QED) is 0.621. The first-order valence-corrected chi connectivity index (χ1v) is 10.2. The zero-order chi connectivity index (χ0) is 21.5. The molecule has 0 aromatic heterocycles. The molecule has 1 heterocycles. The van der Waals surface area contributed by atoms with Crippen LogP contribution in [0.1, 0.15) is 23.0 Å². The van der Waals surface area contributed by atoms with E-state index in [0.29, 0.717) is 13.1 Å². The van der Waals surface area contributed by atoms with Gasteiger partial charge >= 0.3 is 0 Å². The van der Waals surface area contributed by atoms with Gasteiger partial charge in [-0.3, -0.25) is 9.59 Å². The highest BCUT2D eigenvalue weighted by Gasteiger charge is 2.45. The highest BCUT2D eigenvalue weighted by atomic mass is 16.7. The summed E-state index contributed by atoms with van der Waals surface area (Å²) in [5.74, 6) is -0.774. The van der Waals surface area contributed by atoms with Crippen LogP contribution in [0, 0.1) is 0 Å². The van der Waals surface area contributed by atoms with Crippen molar-refractivity contribution in [2.45, 2.75) is 31.6 Å². The molecule has 2 amide bonds. The van der Waals surface area contributed by atoms with Crippen LogP contribution in [0.3, 0.4) is 0 Å². The molecular formula is C25H24N2O4.